The monoisotopic (exact) mass is 290 g/mol. The molecular formula is C16H16F2N2O. The van der Waals surface area contributed by atoms with Gasteiger partial charge in [0.1, 0.15) is 11.6 Å². The molecule has 0 unspecified atom stereocenters. The summed E-state index contributed by atoms with van der Waals surface area (Å²) in [6.45, 7) is 3.44. The minimum absolute atomic E-state index is 0.0510. The van der Waals surface area contributed by atoms with E-state index in [0.29, 0.717) is 5.69 Å². The van der Waals surface area contributed by atoms with Crippen LogP contribution in [0, 0.1) is 11.6 Å². The zero-order valence-electron chi connectivity index (χ0n) is 11.8. The minimum Gasteiger partial charge on any atom is -0.399 e. The van der Waals surface area contributed by atoms with E-state index in [-0.39, 0.29) is 5.69 Å². The molecule has 3 N–H and O–H groups in total. The molecule has 21 heavy (non-hydrogen) atoms. The fourth-order valence-corrected chi connectivity index (χ4v) is 1.90. The number of amides is 1. The van der Waals surface area contributed by atoms with Gasteiger partial charge in [-0.2, -0.15) is 0 Å². The third-order valence-corrected chi connectivity index (χ3v) is 3.38. The number of rotatable bonds is 3. The predicted octanol–water partition coefficient (Wildman–Crippen LogP) is 3.46. The van der Waals surface area contributed by atoms with Crippen molar-refractivity contribution in [1.29, 1.82) is 0 Å². The molecule has 110 valence electrons. The molecule has 0 aliphatic carbocycles. The lowest BCUT2D eigenvalue weighted by atomic mass is 9.83. The van der Waals surface area contributed by atoms with E-state index in [1.807, 2.05) is 0 Å². The van der Waals surface area contributed by atoms with Gasteiger partial charge in [-0.3, -0.25) is 4.79 Å². The fourth-order valence-electron chi connectivity index (χ4n) is 1.90. The van der Waals surface area contributed by atoms with Gasteiger partial charge in [0.2, 0.25) is 5.91 Å². The molecule has 0 spiro atoms. The van der Waals surface area contributed by atoms with Crippen LogP contribution in [0.15, 0.2) is 42.5 Å². The van der Waals surface area contributed by atoms with Crippen molar-refractivity contribution in [2.45, 2.75) is 19.3 Å². The van der Waals surface area contributed by atoms with Gasteiger partial charge in [0, 0.05) is 11.8 Å². The van der Waals surface area contributed by atoms with E-state index in [2.05, 4.69) is 5.32 Å². The molecule has 2 aromatic rings. The highest BCUT2D eigenvalue weighted by Crippen LogP contribution is 2.26. The Labute approximate surface area is 121 Å². The summed E-state index contributed by atoms with van der Waals surface area (Å²) in [7, 11) is 0. The van der Waals surface area contributed by atoms with Crippen LogP contribution in [0.4, 0.5) is 20.2 Å². The van der Waals surface area contributed by atoms with Crippen LogP contribution in [0.1, 0.15) is 19.4 Å². The maximum Gasteiger partial charge on any atom is 0.234 e. The van der Waals surface area contributed by atoms with Crippen molar-refractivity contribution < 1.29 is 13.6 Å². The van der Waals surface area contributed by atoms with Crippen molar-refractivity contribution in [2.24, 2.45) is 0 Å². The summed E-state index contributed by atoms with van der Waals surface area (Å²) in [6.07, 6.45) is 0. The lowest BCUT2D eigenvalue weighted by Gasteiger charge is -2.24. The molecular weight excluding hydrogens is 274 g/mol. The molecule has 5 heteroatoms. The Hall–Kier alpha value is -2.43. The maximum absolute atomic E-state index is 13.6. The van der Waals surface area contributed by atoms with Crippen LogP contribution in [0.3, 0.4) is 0 Å². The molecule has 0 aliphatic rings. The zero-order valence-corrected chi connectivity index (χ0v) is 11.8. The lowest BCUT2D eigenvalue weighted by molar-refractivity contribution is -0.120. The second-order valence-corrected chi connectivity index (χ2v) is 5.33. The smallest absolute Gasteiger partial charge is 0.234 e. The Morgan fingerprint density at radius 3 is 2.29 bits per heavy atom. The fraction of sp³-hybridized carbons (Fsp3) is 0.188. The first-order valence-electron chi connectivity index (χ1n) is 6.43. The highest BCUT2D eigenvalue weighted by molar-refractivity contribution is 5.98. The van der Waals surface area contributed by atoms with E-state index >= 15 is 0 Å². The van der Waals surface area contributed by atoms with Crippen molar-refractivity contribution in [2.75, 3.05) is 11.1 Å². The van der Waals surface area contributed by atoms with E-state index in [0.717, 1.165) is 17.7 Å². The largest absolute Gasteiger partial charge is 0.399 e. The number of benzene rings is 2. The second kappa shape index (κ2) is 5.52. The Balaban J connectivity index is 2.24. The SMILES string of the molecule is CC(C)(C(=O)Nc1ccc(F)cc1F)c1ccc(N)cc1. The molecule has 2 rings (SSSR count). The highest BCUT2D eigenvalue weighted by atomic mass is 19.1. The highest BCUT2D eigenvalue weighted by Gasteiger charge is 2.30. The molecule has 0 bridgehead atoms. The van der Waals surface area contributed by atoms with Crippen LogP contribution < -0.4 is 11.1 Å². The normalized spacial score (nSPS) is 11.2. The summed E-state index contributed by atoms with van der Waals surface area (Å²) in [5.41, 5.74) is 6.03. The Morgan fingerprint density at radius 1 is 1.10 bits per heavy atom. The summed E-state index contributed by atoms with van der Waals surface area (Å²) >= 11 is 0. The summed E-state index contributed by atoms with van der Waals surface area (Å²) in [5.74, 6) is -1.89. The summed E-state index contributed by atoms with van der Waals surface area (Å²) in [5, 5.41) is 2.48. The maximum atomic E-state index is 13.6. The molecule has 0 atom stereocenters. The lowest BCUT2D eigenvalue weighted by Crippen LogP contribution is -2.35. The number of nitrogens with two attached hydrogens (primary N) is 1. The van der Waals surface area contributed by atoms with Crippen LogP contribution in [-0.2, 0) is 10.2 Å². The van der Waals surface area contributed by atoms with Gasteiger partial charge in [-0.1, -0.05) is 12.1 Å². The van der Waals surface area contributed by atoms with Gasteiger partial charge in [-0.25, -0.2) is 8.78 Å². The molecule has 2 aromatic carbocycles. The van der Waals surface area contributed by atoms with Gasteiger partial charge in [0.05, 0.1) is 11.1 Å². The van der Waals surface area contributed by atoms with E-state index < -0.39 is 23.0 Å². The second-order valence-electron chi connectivity index (χ2n) is 5.33. The number of anilines is 2. The van der Waals surface area contributed by atoms with Crippen molar-refractivity contribution in [3.8, 4) is 0 Å². The van der Waals surface area contributed by atoms with Crippen molar-refractivity contribution in [3.63, 3.8) is 0 Å². The zero-order chi connectivity index (χ0) is 15.6. The topological polar surface area (TPSA) is 55.1 Å². The average molecular weight is 290 g/mol. The summed E-state index contributed by atoms with van der Waals surface area (Å²) < 4.78 is 26.4. The van der Waals surface area contributed by atoms with Crippen molar-refractivity contribution in [1.82, 2.24) is 0 Å². The van der Waals surface area contributed by atoms with E-state index in [9.17, 15) is 13.6 Å². The Bertz CT molecular complexity index is 666. The van der Waals surface area contributed by atoms with Crippen LogP contribution in [-0.4, -0.2) is 5.91 Å². The minimum atomic E-state index is -0.880. The summed E-state index contributed by atoms with van der Waals surface area (Å²) in [6, 6.07) is 9.90. The van der Waals surface area contributed by atoms with Crippen LogP contribution in [0.25, 0.3) is 0 Å². The molecule has 0 fully saturated rings. The van der Waals surface area contributed by atoms with Gasteiger partial charge in [0.25, 0.3) is 0 Å². The number of nitrogen functional groups attached to an aromatic ring is 1. The average Bonchev–Trinajstić information content (AvgIpc) is 2.42. The van der Waals surface area contributed by atoms with Crippen molar-refractivity contribution >= 4 is 17.3 Å². The number of nitrogens with one attached hydrogen (secondary N) is 1. The number of carbonyl (C=O) groups is 1. The van der Waals surface area contributed by atoms with Crippen LogP contribution in [0.5, 0.6) is 0 Å². The number of hydrogen-bond acceptors (Lipinski definition) is 2. The van der Waals surface area contributed by atoms with Gasteiger partial charge in [-0.05, 0) is 43.7 Å². The third kappa shape index (κ3) is 3.18. The van der Waals surface area contributed by atoms with E-state index in [1.165, 1.54) is 6.07 Å². The van der Waals surface area contributed by atoms with Gasteiger partial charge in [-0.15, -0.1) is 0 Å². The Kier molecular flexibility index (Phi) is 3.93. The molecule has 0 aliphatic heterocycles. The van der Waals surface area contributed by atoms with Gasteiger partial charge in [0.15, 0.2) is 0 Å². The predicted molar refractivity (Wildman–Crippen MR) is 78.9 cm³/mol. The van der Waals surface area contributed by atoms with E-state index in [1.54, 1.807) is 38.1 Å². The molecule has 0 aromatic heterocycles. The molecule has 0 saturated heterocycles. The standard InChI is InChI=1S/C16H16F2N2O/c1-16(2,10-3-6-12(19)7-4-10)15(21)20-14-8-5-11(17)9-13(14)18/h3-9H,19H2,1-2H3,(H,20,21). The molecule has 0 radical (unpaired) electrons. The number of hydrogen-bond donors (Lipinski definition) is 2. The molecule has 0 heterocycles. The first-order valence-corrected chi connectivity index (χ1v) is 6.43. The molecule has 3 nitrogen and oxygen atoms in total. The summed E-state index contributed by atoms with van der Waals surface area (Å²) in [4.78, 5) is 12.4. The third-order valence-electron chi connectivity index (χ3n) is 3.38. The van der Waals surface area contributed by atoms with Gasteiger partial charge < -0.3 is 11.1 Å². The van der Waals surface area contributed by atoms with Crippen LogP contribution >= 0.6 is 0 Å². The molecule has 0 saturated carbocycles. The van der Waals surface area contributed by atoms with Crippen LogP contribution in [0.2, 0.25) is 0 Å². The van der Waals surface area contributed by atoms with Crippen molar-refractivity contribution in [3.05, 3.63) is 59.7 Å². The first kappa shape index (κ1) is 15.0. The number of carbonyl (C=O) groups excluding carboxylic acids is 1. The first-order chi connectivity index (χ1) is 9.80. The van der Waals surface area contributed by atoms with E-state index in [4.69, 9.17) is 5.73 Å². The quantitative estimate of drug-likeness (QED) is 0.850. The molecule has 1 amide bonds. The number of halogens is 2. The van der Waals surface area contributed by atoms with Gasteiger partial charge >= 0.3 is 0 Å². The Morgan fingerprint density at radius 2 is 1.71 bits per heavy atom.